The third kappa shape index (κ3) is 4.85. The van der Waals surface area contributed by atoms with Crippen molar-refractivity contribution < 1.29 is 19.1 Å². The van der Waals surface area contributed by atoms with Crippen LogP contribution in [0.5, 0.6) is 11.5 Å². The van der Waals surface area contributed by atoms with Crippen LogP contribution in [0, 0.1) is 0 Å². The van der Waals surface area contributed by atoms with Gasteiger partial charge in [-0.3, -0.25) is 0 Å². The highest BCUT2D eigenvalue weighted by Crippen LogP contribution is 2.34. The van der Waals surface area contributed by atoms with Crippen LogP contribution in [-0.4, -0.2) is 56.1 Å². The lowest BCUT2D eigenvalue weighted by atomic mass is 9.86. The molecule has 2 rings (SSSR count). The second-order valence-corrected chi connectivity index (χ2v) is 8.03. The third-order valence-electron chi connectivity index (χ3n) is 4.72. The van der Waals surface area contributed by atoms with Crippen molar-refractivity contribution in [1.29, 1.82) is 0 Å². The molecule has 4 heteroatoms. The predicted molar refractivity (Wildman–Crippen MR) is 93.2 cm³/mol. The van der Waals surface area contributed by atoms with Crippen LogP contribution in [0.1, 0.15) is 39.2 Å². The lowest BCUT2D eigenvalue weighted by Crippen LogP contribution is -2.47. The summed E-state index contributed by atoms with van der Waals surface area (Å²) < 4.78 is 12.2. The van der Waals surface area contributed by atoms with Gasteiger partial charge in [-0.1, -0.05) is 20.8 Å². The van der Waals surface area contributed by atoms with Gasteiger partial charge in [0.2, 0.25) is 0 Å². The van der Waals surface area contributed by atoms with Crippen molar-refractivity contribution in [2.75, 3.05) is 40.4 Å². The number of methoxy groups -OCH3 is 1. The minimum atomic E-state index is -0.437. The van der Waals surface area contributed by atoms with Crippen LogP contribution >= 0.6 is 0 Å². The highest BCUT2D eigenvalue weighted by atomic mass is 16.5. The molecule has 0 aromatic heterocycles. The number of benzene rings is 1. The number of quaternary nitrogens is 1. The number of rotatable bonds is 6. The fourth-order valence-electron chi connectivity index (χ4n) is 3.38. The number of aliphatic hydroxyl groups excluding tert-OH is 1. The van der Waals surface area contributed by atoms with E-state index < -0.39 is 6.10 Å². The molecule has 1 aliphatic heterocycles. The lowest BCUT2D eigenvalue weighted by molar-refractivity contribution is -0.900. The van der Waals surface area contributed by atoms with Crippen LogP contribution in [0.2, 0.25) is 0 Å². The zero-order valence-corrected chi connectivity index (χ0v) is 15.3. The molecule has 0 aliphatic carbocycles. The van der Waals surface area contributed by atoms with Gasteiger partial charge in [0.15, 0.2) is 0 Å². The van der Waals surface area contributed by atoms with E-state index >= 15 is 0 Å². The van der Waals surface area contributed by atoms with Crippen molar-refractivity contribution in [2.24, 2.45) is 0 Å². The van der Waals surface area contributed by atoms with Gasteiger partial charge in [-0.2, -0.15) is 0 Å². The number of ether oxygens (including phenoxy) is 2. The van der Waals surface area contributed by atoms with Crippen molar-refractivity contribution >= 4 is 0 Å². The first kappa shape index (κ1) is 18.1. The molecule has 0 spiro atoms. The summed E-state index contributed by atoms with van der Waals surface area (Å²) in [6, 6.07) is 5.87. The van der Waals surface area contributed by atoms with Crippen LogP contribution in [-0.2, 0) is 5.41 Å². The lowest BCUT2D eigenvalue weighted by Gasteiger charge is -2.31. The van der Waals surface area contributed by atoms with E-state index in [1.165, 1.54) is 12.8 Å². The number of aliphatic hydroxyl groups is 1. The SMILES string of the molecule is COc1ccc(OC[C@@H](O)C[N+]2(C)CCCC2)c(C(C)(C)C)c1. The molecule has 1 aliphatic rings. The number of hydrogen-bond donors (Lipinski definition) is 1. The molecule has 0 bridgehead atoms. The van der Waals surface area contributed by atoms with Crippen molar-refractivity contribution in [3.63, 3.8) is 0 Å². The largest absolute Gasteiger partial charge is 0.497 e. The summed E-state index contributed by atoms with van der Waals surface area (Å²) >= 11 is 0. The molecule has 0 unspecified atom stereocenters. The maximum absolute atomic E-state index is 10.4. The zero-order chi connectivity index (χ0) is 17.1. The summed E-state index contributed by atoms with van der Waals surface area (Å²) in [5, 5.41) is 10.4. The van der Waals surface area contributed by atoms with E-state index in [9.17, 15) is 5.11 Å². The first-order chi connectivity index (χ1) is 10.7. The van der Waals surface area contributed by atoms with E-state index in [2.05, 4.69) is 27.8 Å². The van der Waals surface area contributed by atoms with Crippen LogP contribution in [0.25, 0.3) is 0 Å². The molecule has 1 heterocycles. The smallest absolute Gasteiger partial charge is 0.137 e. The molecule has 130 valence electrons. The Labute approximate surface area is 140 Å². The van der Waals surface area contributed by atoms with Gasteiger partial charge in [0, 0.05) is 18.4 Å². The molecule has 1 atom stereocenters. The standard InChI is InChI=1S/C19H32NO3/c1-19(2,3)17-12-16(22-5)8-9-18(17)23-14-15(21)13-20(4)10-6-7-11-20/h8-9,12,15,21H,6-7,10-11,13-14H2,1-5H3/q+1/t15-/m0/s1. The van der Waals surface area contributed by atoms with Gasteiger partial charge in [0.25, 0.3) is 0 Å². The molecule has 1 saturated heterocycles. The summed E-state index contributed by atoms with van der Waals surface area (Å²) in [5.41, 5.74) is 1.06. The average Bonchev–Trinajstić information content (AvgIpc) is 2.90. The van der Waals surface area contributed by atoms with Crippen LogP contribution in [0.4, 0.5) is 0 Å². The Balaban J connectivity index is 2.02. The van der Waals surface area contributed by atoms with E-state index in [-0.39, 0.29) is 5.41 Å². The second kappa shape index (κ2) is 7.10. The van der Waals surface area contributed by atoms with Gasteiger partial charge in [-0.25, -0.2) is 0 Å². The topological polar surface area (TPSA) is 38.7 Å². The molecule has 0 radical (unpaired) electrons. The molecule has 1 N–H and O–H groups in total. The molecule has 1 fully saturated rings. The van der Waals surface area contributed by atoms with Gasteiger partial charge in [-0.05, 0) is 23.6 Å². The van der Waals surface area contributed by atoms with Crippen molar-refractivity contribution in [3.05, 3.63) is 23.8 Å². The molecule has 4 nitrogen and oxygen atoms in total. The van der Waals surface area contributed by atoms with Crippen LogP contribution < -0.4 is 9.47 Å². The van der Waals surface area contributed by atoms with E-state index in [0.29, 0.717) is 6.61 Å². The number of likely N-dealkylation sites (N-methyl/N-ethyl adjacent to an activating group) is 1. The fraction of sp³-hybridized carbons (Fsp3) is 0.684. The summed E-state index contributed by atoms with van der Waals surface area (Å²) in [5.74, 6) is 1.67. The number of hydrogen-bond acceptors (Lipinski definition) is 3. The molecule has 0 amide bonds. The summed E-state index contributed by atoms with van der Waals surface area (Å²) in [6.45, 7) is 9.88. The van der Waals surface area contributed by atoms with Gasteiger partial charge < -0.3 is 19.1 Å². The molecule has 23 heavy (non-hydrogen) atoms. The highest BCUT2D eigenvalue weighted by Gasteiger charge is 2.30. The van der Waals surface area contributed by atoms with Crippen LogP contribution in [0.3, 0.4) is 0 Å². The van der Waals surface area contributed by atoms with E-state index in [1.54, 1.807) is 7.11 Å². The Morgan fingerprint density at radius 1 is 1.22 bits per heavy atom. The Hall–Kier alpha value is -1.26. The predicted octanol–water partition coefficient (Wildman–Crippen LogP) is 2.97. The average molecular weight is 322 g/mol. The van der Waals surface area contributed by atoms with E-state index in [4.69, 9.17) is 9.47 Å². The van der Waals surface area contributed by atoms with E-state index in [0.717, 1.165) is 41.2 Å². The van der Waals surface area contributed by atoms with Gasteiger partial charge in [-0.15, -0.1) is 0 Å². The van der Waals surface area contributed by atoms with Gasteiger partial charge in [0.05, 0.1) is 27.2 Å². The monoisotopic (exact) mass is 322 g/mol. The van der Waals surface area contributed by atoms with Gasteiger partial charge in [0.1, 0.15) is 30.8 Å². The quantitative estimate of drug-likeness (QED) is 0.818. The number of nitrogens with zero attached hydrogens (tertiary/aromatic N) is 1. The summed E-state index contributed by atoms with van der Waals surface area (Å²) in [4.78, 5) is 0. The van der Waals surface area contributed by atoms with E-state index in [1.807, 2.05) is 18.2 Å². The maximum atomic E-state index is 10.4. The zero-order valence-electron chi connectivity index (χ0n) is 15.3. The molecular weight excluding hydrogens is 290 g/mol. The minimum Gasteiger partial charge on any atom is -0.497 e. The number of likely N-dealkylation sites (tertiary alicyclic amines) is 1. The summed E-state index contributed by atoms with van der Waals surface area (Å²) in [6.07, 6.45) is 2.08. The molecule has 0 saturated carbocycles. The minimum absolute atomic E-state index is 0.0394. The normalized spacial score (nSPS) is 18.7. The van der Waals surface area contributed by atoms with Crippen molar-refractivity contribution in [2.45, 2.75) is 45.1 Å². The molecule has 1 aromatic carbocycles. The van der Waals surface area contributed by atoms with Crippen molar-refractivity contribution in [1.82, 2.24) is 0 Å². The molecular formula is C19H32NO3+. The fourth-order valence-corrected chi connectivity index (χ4v) is 3.38. The van der Waals surface area contributed by atoms with Crippen molar-refractivity contribution in [3.8, 4) is 11.5 Å². The second-order valence-electron chi connectivity index (χ2n) is 8.03. The highest BCUT2D eigenvalue weighted by molar-refractivity contribution is 5.44. The first-order valence-electron chi connectivity index (χ1n) is 8.56. The Bertz CT molecular complexity index is 516. The van der Waals surface area contributed by atoms with Crippen LogP contribution in [0.15, 0.2) is 18.2 Å². The Kier molecular flexibility index (Phi) is 5.58. The Morgan fingerprint density at radius 2 is 1.87 bits per heavy atom. The third-order valence-corrected chi connectivity index (χ3v) is 4.72. The Morgan fingerprint density at radius 3 is 2.43 bits per heavy atom. The summed E-state index contributed by atoms with van der Waals surface area (Å²) in [7, 11) is 3.90. The maximum Gasteiger partial charge on any atom is 0.137 e. The van der Waals surface area contributed by atoms with Gasteiger partial charge >= 0.3 is 0 Å². The molecule has 1 aromatic rings. The first-order valence-corrected chi connectivity index (χ1v) is 8.56.